The highest BCUT2D eigenvalue weighted by atomic mass is 35.5. The molecule has 1 N–H and O–H groups in total. The first-order valence-corrected chi connectivity index (χ1v) is 11.6. The predicted molar refractivity (Wildman–Crippen MR) is 120 cm³/mol. The van der Waals surface area contributed by atoms with E-state index in [9.17, 15) is 0 Å². The van der Waals surface area contributed by atoms with Crippen LogP contribution in [0, 0.1) is 0 Å². The van der Waals surface area contributed by atoms with Gasteiger partial charge in [-0.15, -0.1) is 10.2 Å². The molecule has 0 saturated heterocycles. The number of rotatable bonds is 6. The fraction of sp³-hybridized carbons (Fsp3) is 0.318. The van der Waals surface area contributed by atoms with E-state index < -0.39 is 6.23 Å². The summed E-state index contributed by atoms with van der Waals surface area (Å²) in [5, 5.41) is 13.3. The zero-order valence-electron chi connectivity index (χ0n) is 16.9. The third-order valence-electron chi connectivity index (χ3n) is 5.09. The molecule has 5 rings (SSSR count). The molecule has 0 bridgehead atoms. The molecule has 160 valence electrons. The van der Waals surface area contributed by atoms with Crippen LogP contribution in [0.3, 0.4) is 0 Å². The van der Waals surface area contributed by atoms with Gasteiger partial charge in [-0.2, -0.15) is 4.98 Å². The van der Waals surface area contributed by atoms with Gasteiger partial charge in [0, 0.05) is 28.6 Å². The Labute approximate surface area is 189 Å². The molecule has 9 heteroatoms. The molecule has 0 saturated carbocycles. The van der Waals surface area contributed by atoms with Crippen LogP contribution in [0.4, 0.5) is 5.69 Å². The van der Waals surface area contributed by atoms with Crippen LogP contribution >= 0.6 is 23.4 Å². The van der Waals surface area contributed by atoms with Crippen LogP contribution in [-0.4, -0.2) is 27.7 Å². The van der Waals surface area contributed by atoms with Crippen LogP contribution in [0.15, 0.2) is 41.6 Å². The van der Waals surface area contributed by atoms with Gasteiger partial charge in [0.25, 0.3) is 0 Å². The van der Waals surface area contributed by atoms with Crippen molar-refractivity contribution < 1.29 is 14.2 Å². The van der Waals surface area contributed by atoms with Crippen LogP contribution < -0.4 is 19.5 Å². The molecule has 7 nitrogen and oxygen atoms in total. The average molecular weight is 457 g/mol. The second-order valence-corrected chi connectivity index (χ2v) is 8.69. The molecule has 0 unspecified atom stereocenters. The van der Waals surface area contributed by atoms with Crippen molar-refractivity contribution in [3.63, 3.8) is 0 Å². The van der Waals surface area contributed by atoms with Gasteiger partial charge >= 0.3 is 0 Å². The molecule has 3 heterocycles. The van der Waals surface area contributed by atoms with E-state index >= 15 is 0 Å². The van der Waals surface area contributed by atoms with Crippen molar-refractivity contribution in [2.45, 2.75) is 37.6 Å². The summed E-state index contributed by atoms with van der Waals surface area (Å²) in [6, 6.07) is 11.4. The minimum atomic E-state index is -0.584. The van der Waals surface area contributed by atoms with Gasteiger partial charge in [0.05, 0.1) is 5.02 Å². The number of unbranched alkanes of at least 4 members (excludes halogenated alkanes) is 2. The van der Waals surface area contributed by atoms with Gasteiger partial charge in [-0.05, 0) is 18.6 Å². The van der Waals surface area contributed by atoms with Gasteiger partial charge in [-0.1, -0.05) is 61.3 Å². The van der Waals surface area contributed by atoms with Crippen molar-refractivity contribution in [1.82, 2.24) is 15.2 Å². The lowest BCUT2D eigenvalue weighted by atomic mass is 10.1. The monoisotopic (exact) mass is 456 g/mol. The van der Waals surface area contributed by atoms with E-state index in [1.807, 2.05) is 30.3 Å². The van der Waals surface area contributed by atoms with E-state index in [-0.39, 0.29) is 6.79 Å². The van der Waals surface area contributed by atoms with Gasteiger partial charge in [-0.3, -0.25) is 0 Å². The van der Waals surface area contributed by atoms with Gasteiger partial charge in [0.1, 0.15) is 0 Å². The Hall–Kier alpha value is -2.71. The van der Waals surface area contributed by atoms with Gasteiger partial charge in [-0.25, -0.2) is 0 Å². The van der Waals surface area contributed by atoms with Crippen molar-refractivity contribution in [3.05, 3.63) is 47.0 Å². The lowest BCUT2D eigenvalue weighted by Crippen LogP contribution is -2.17. The quantitative estimate of drug-likeness (QED) is 0.373. The minimum absolute atomic E-state index is 0.176. The predicted octanol–water partition coefficient (Wildman–Crippen LogP) is 5.71. The Balaban J connectivity index is 1.52. The molecule has 2 aliphatic heterocycles. The Kier molecular flexibility index (Phi) is 5.74. The number of para-hydroxylation sites is 1. The number of hydrogen-bond acceptors (Lipinski definition) is 8. The Morgan fingerprint density at radius 2 is 1.97 bits per heavy atom. The first-order chi connectivity index (χ1) is 15.2. The number of fused-ring (bicyclic) bond motifs is 4. The molecule has 0 amide bonds. The largest absolute Gasteiger partial charge is 0.454 e. The molecule has 2 aliphatic rings. The van der Waals surface area contributed by atoms with Crippen molar-refractivity contribution in [2.75, 3.05) is 17.9 Å². The number of ether oxygens (including phenoxy) is 3. The van der Waals surface area contributed by atoms with Crippen LogP contribution in [0.1, 0.15) is 38.0 Å². The molecule has 0 aliphatic carbocycles. The normalized spacial score (nSPS) is 16.0. The van der Waals surface area contributed by atoms with E-state index in [0.717, 1.165) is 29.0 Å². The summed E-state index contributed by atoms with van der Waals surface area (Å²) in [6.07, 6.45) is 2.89. The standard InChI is InChI=1S/C22H21ClN4O3S/c1-2-3-6-9-31-22-25-21-19(26-27-22)13-7-4-5-8-16(13)24-20(30-21)14-10-17-18(11-15(14)23)29-12-28-17/h4-5,7-8,10-11,20,24H,2-3,6,9,12H2,1H3/t20-/m1/s1. The molecule has 0 fully saturated rings. The van der Waals surface area contributed by atoms with Gasteiger partial charge < -0.3 is 19.5 Å². The maximum Gasteiger partial charge on any atom is 0.247 e. The lowest BCUT2D eigenvalue weighted by molar-refractivity contribution is 0.173. The molecule has 1 aromatic heterocycles. The number of anilines is 1. The molecule has 2 aromatic carbocycles. The van der Waals surface area contributed by atoms with E-state index in [0.29, 0.717) is 33.3 Å². The highest BCUT2D eigenvalue weighted by molar-refractivity contribution is 7.99. The van der Waals surface area contributed by atoms with Crippen LogP contribution in [0.25, 0.3) is 11.3 Å². The smallest absolute Gasteiger partial charge is 0.247 e. The summed E-state index contributed by atoms with van der Waals surface area (Å²) >= 11 is 8.16. The van der Waals surface area contributed by atoms with Crippen LogP contribution in [-0.2, 0) is 0 Å². The van der Waals surface area contributed by atoms with E-state index in [2.05, 4.69) is 27.4 Å². The third kappa shape index (κ3) is 4.09. The Morgan fingerprint density at radius 1 is 1.13 bits per heavy atom. The maximum absolute atomic E-state index is 6.57. The number of nitrogens with one attached hydrogen (secondary N) is 1. The summed E-state index contributed by atoms with van der Waals surface area (Å²) in [7, 11) is 0. The molecule has 3 aromatic rings. The Morgan fingerprint density at radius 3 is 2.84 bits per heavy atom. The molecule has 0 spiro atoms. The second-order valence-electron chi connectivity index (χ2n) is 7.22. The molecular formula is C22H21ClN4O3S. The lowest BCUT2D eigenvalue weighted by Gasteiger charge is -2.20. The van der Waals surface area contributed by atoms with Crippen LogP contribution in [0.2, 0.25) is 5.02 Å². The van der Waals surface area contributed by atoms with E-state index in [4.69, 9.17) is 25.8 Å². The number of thioether (sulfide) groups is 1. The minimum Gasteiger partial charge on any atom is -0.454 e. The molecule has 1 atom stereocenters. The van der Waals surface area contributed by atoms with Crippen molar-refractivity contribution in [1.29, 1.82) is 0 Å². The van der Waals surface area contributed by atoms with Crippen molar-refractivity contribution >= 4 is 29.1 Å². The molecular weight excluding hydrogens is 436 g/mol. The maximum atomic E-state index is 6.57. The number of benzene rings is 2. The van der Waals surface area contributed by atoms with E-state index in [1.165, 1.54) is 12.8 Å². The van der Waals surface area contributed by atoms with Crippen molar-refractivity contribution in [2.24, 2.45) is 0 Å². The summed E-state index contributed by atoms with van der Waals surface area (Å²) < 4.78 is 17.3. The van der Waals surface area contributed by atoms with Crippen molar-refractivity contribution in [3.8, 4) is 28.6 Å². The van der Waals surface area contributed by atoms with Gasteiger partial charge in [0.15, 0.2) is 23.4 Å². The summed E-state index contributed by atoms with van der Waals surface area (Å²) in [6.45, 7) is 2.36. The zero-order chi connectivity index (χ0) is 21.2. The number of nitrogens with zero attached hydrogens (tertiary/aromatic N) is 3. The van der Waals surface area contributed by atoms with Crippen LogP contribution in [0.5, 0.6) is 17.4 Å². The first kappa shape index (κ1) is 20.2. The fourth-order valence-electron chi connectivity index (χ4n) is 3.50. The summed E-state index contributed by atoms with van der Waals surface area (Å²) in [5.41, 5.74) is 3.06. The second kappa shape index (κ2) is 8.80. The topological polar surface area (TPSA) is 78.4 Å². The summed E-state index contributed by atoms with van der Waals surface area (Å²) in [5.74, 6) is 2.62. The zero-order valence-corrected chi connectivity index (χ0v) is 18.5. The first-order valence-electron chi connectivity index (χ1n) is 10.2. The third-order valence-corrected chi connectivity index (χ3v) is 6.34. The Bertz CT molecular complexity index is 1110. The van der Waals surface area contributed by atoms with E-state index in [1.54, 1.807) is 17.8 Å². The highest BCUT2D eigenvalue weighted by Gasteiger charge is 2.29. The summed E-state index contributed by atoms with van der Waals surface area (Å²) in [4.78, 5) is 4.68. The fourth-order valence-corrected chi connectivity index (χ4v) is 4.53. The number of aromatic nitrogens is 3. The highest BCUT2D eigenvalue weighted by Crippen LogP contribution is 2.44. The average Bonchev–Trinajstić information content (AvgIpc) is 3.16. The number of halogens is 1. The molecule has 31 heavy (non-hydrogen) atoms. The number of hydrogen-bond donors (Lipinski definition) is 1. The SMILES string of the molecule is CCCCCSc1nnc2c(n1)O[C@H](c1cc3c(cc1Cl)OCO3)Nc1ccccc1-2. The van der Waals surface area contributed by atoms with Gasteiger partial charge in [0.2, 0.25) is 17.8 Å². The molecule has 0 radical (unpaired) electrons.